The summed E-state index contributed by atoms with van der Waals surface area (Å²) in [5.41, 5.74) is 1.33. The maximum Gasteiger partial charge on any atom is 0.0564 e. The Kier molecular flexibility index (Phi) is 3.78. The van der Waals surface area contributed by atoms with Crippen LogP contribution in [0.15, 0.2) is 28.7 Å². The van der Waals surface area contributed by atoms with E-state index in [9.17, 15) is 5.11 Å². The molecule has 15 heavy (non-hydrogen) atoms. The van der Waals surface area contributed by atoms with E-state index in [1.54, 1.807) is 0 Å². The minimum atomic E-state index is -0.0829. The molecule has 1 aliphatic heterocycles. The maximum atomic E-state index is 9.41. The molecular weight excluding hydrogens is 254 g/mol. The number of aliphatic hydroxyl groups excluding tert-OH is 1. The number of rotatable bonds is 2. The summed E-state index contributed by atoms with van der Waals surface area (Å²) in [5, 5.41) is 9.41. The number of nitrogens with zero attached hydrogens (tertiary/aromatic N) is 1. The summed E-state index contributed by atoms with van der Waals surface area (Å²) in [6.07, 6.45) is 1.73. The van der Waals surface area contributed by atoms with Crippen molar-refractivity contribution in [1.29, 1.82) is 0 Å². The fraction of sp³-hybridized carbons (Fsp3) is 0.500. The molecule has 1 N–H and O–H groups in total. The monoisotopic (exact) mass is 269 g/mol. The molecule has 0 saturated carbocycles. The minimum Gasteiger partial charge on any atom is -0.393 e. The Morgan fingerprint density at radius 1 is 1.27 bits per heavy atom. The van der Waals surface area contributed by atoms with Gasteiger partial charge in [0, 0.05) is 24.1 Å². The molecule has 0 aromatic heterocycles. The van der Waals surface area contributed by atoms with Gasteiger partial charge in [-0.3, -0.25) is 4.90 Å². The zero-order valence-electron chi connectivity index (χ0n) is 8.69. The van der Waals surface area contributed by atoms with Crippen molar-refractivity contribution in [3.05, 3.63) is 34.3 Å². The van der Waals surface area contributed by atoms with Gasteiger partial charge in [-0.1, -0.05) is 34.1 Å². The molecule has 0 amide bonds. The zero-order valence-corrected chi connectivity index (χ0v) is 10.3. The highest BCUT2D eigenvalue weighted by atomic mass is 79.9. The standard InChI is InChI=1S/C12H16BrNO/c13-12-4-2-1-3-10(12)9-14-7-5-11(15)6-8-14/h1-4,11,15H,5-9H2. The highest BCUT2D eigenvalue weighted by molar-refractivity contribution is 9.10. The van der Waals surface area contributed by atoms with Gasteiger partial charge in [0.05, 0.1) is 6.10 Å². The predicted octanol–water partition coefficient (Wildman–Crippen LogP) is 2.41. The van der Waals surface area contributed by atoms with Crippen molar-refractivity contribution in [2.24, 2.45) is 0 Å². The number of halogens is 1. The highest BCUT2D eigenvalue weighted by Crippen LogP contribution is 2.20. The van der Waals surface area contributed by atoms with Gasteiger partial charge in [-0.15, -0.1) is 0 Å². The summed E-state index contributed by atoms with van der Waals surface area (Å²) in [7, 11) is 0. The van der Waals surface area contributed by atoms with E-state index in [0.29, 0.717) is 0 Å². The average Bonchev–Trinajstić information content (AvgIpc) is 2.25. The third kappa shape index (κ3) is 3.03. The Balaban J connectivity index is 1.95. The Labute approximate surface area is 99.0 Å². The molecule has 0 unspecified atom stereocenters. The van der Waals surface area contributed by atoms with Crippen LogP contribution in [0.3, 0.4) is 0 Å². The Hall–Kier alpha value is -0.380. The number of hydrogen-bond donors (Lipinski definition) is 1. The third-order valence-electron chi connectivity index (χ3n) is 2.91. The van der Waals surface area contributed by atoms with E-state index in [2.05, 4.69) is 39.0 Å². The predicted molar refractivity (Wildman–Crippen MR) is 64.7 cm³/mol. The van der Waals surface area contributed by atoms with E-state index in [-0.39, 0.29) is 6.10 Å². The molecule has 1 aromatic rings. The van der Waals surface area contributed by atoms with E-state index in [0.717, 1.165) is 32.5 Å². The highest BCUT2D eigenvalue weighted by Gasteiger charge is 2.17. The van der Waals surface area contributed by atoms with E-state index in [4.69, 9.17) is 0 Å². The summed E-state index contributed by atoms with van der Waals surface area (Å²) in [6, 6.07) is 8.33. The van der Waals surface area contributed by atoms with Crippen LogP contribution < -0.4 is 0 Å². The van der Waals surface area contributed by atoms with Crippen molar-refractivity contribution >= 4 is 15.9 Å². The lowest BCUT2D eigenvalue weighted by molar-refractivity contribution is 0.0791. The molecule has 0 atom stereocenters. The van der Waals surface area contributed by atoms with Crippen LogP contribution in [0.25, 0.3) is 0 Å². The van der Waals surface area contributed by atoms with Gasteiger partial charge in [-0.05, 0) is 24.5 Å². The van der Waals surface area contributed by atoms with E-state index in [1.165, 1.54) is 10.0 Å². The molecule has 1 saturated heterocycles. The average molecular weight is 270 g/mol. The van der Waals surface area contributed by atoms with Gasteiger partial charge in [-0.25, -0.2) is 0 Å². The third-order valence-corrected chi connectivity index (χ3v) is 3.68. The Morgan fingerprint density at radius 3 is 2.60 bits per heavy atom. The van der Waals surface area contributed by atoms with Crippen LogP contribution in [0.5, 0.6) is 0 Å². The second-order valence-electron chi connectivity index (χ2n) is 4.10. The van der Waals surface area contributed by atoms with Crippen LogP contribution in [0.1, 0.15) is 18.4 Å². The van der Waals surface area contributed by atoms with Crippen molar-refractivity contribution in [2.75, 3.05) is 13.1 Å². The van der Waals surface area contributed by atoms with Crippen LogP contribution in [-0.4, -0.2) is 29.2 Å². The van der Waals surface area contributed by atoms with Gasteiger partial charge >= 0.3 is 0 Å². The SMILES string of the molecule is OC1CCN(Cc2ccccc2Br)CC1. The smallest absolute Gasteiger partial charge is 0.0564 e. The molecule has 1 aliphatic rings. The van der Waals surface area contributed by atoms with Gasteiger partial charge in [-0.2, -0.15) is 0 Å². The fourth-order valence-electron chi connectivity index (χ4n) is 1.94. The normalized spacial score (nSPS) is 19.3. The number of hydrogen-bond acceptors (Lipinski definition) is 2. The number of aliphatic hydroxyl groups is 1. The maximum absolute atomic E-state index is 9.41. The molecule has 3 heteroatoms. The lowest BCUT2D eigenvalue weighted by Gasteiger charge is -2.29. The number of likely N-dealkylation sites (tertiary alicyclic amines) is 1. The van der Waals surface area contributed by atoms with Crippen molar-refractivity contribution in [2.45, 2.75) is 25.5 Å². The molecule has 1 fully saturated rings. The van der Waals surface area contributed by atoms with Gasteiger partial charge in [0.15, 0.2) is 0 Å². The minimum absolute atomic E-state index is 0.0829. The number of piperidine rings is 1. The van der Waals surface area contributed by atoms with Crippen LogP contribution in [0.4, 0.5) is 0 Å². The zero-order chi connectivity index (χ0) is 10.7. The molecule has 0 radical (unpaired) electrons. The Bertz CT molecular complexity index is 321. The second kappa shape index (κ2) is 5.10. The van der Waals surface area contributed by atoms with Crippen LogP contribution >= 0.6 is 15.9 Å². The molecule has 0 spiro atoms. The van der Waals surface area contributed by atoms with Gasteiger partial charge < -0.3 is 5.11 Å². The molecule has 1 heterocycles. The molecule has 2 rings (SSSR count). The quantitative estimate of drug-likeness (QED) is 0.892. The molecule has 82 valence electrons. The summed E-state index contributed by atoms with van der Waals surface area (Å²) >= 11 is 3.56. The van der Waals surface area contributed by atoms with E-state index in [1.807, 2.05) is 6.07 Å². The molecule has 2 nitrogen and oxygen atoms in total. The lowest BCUT2D eigenvalue weighted by Crippen LogP contribution is -2.35. The van der Waals surface area contributed by atoms with E-state index < -0.39 is 0 Å². The first-order chi connectivity index (χ1) is 7.25. The summed E-state index contributed by atoms with van der Waals surface area (Å²) in [5.74, 6) is 0. The van der Waals surface area contributed by atoms with Crippen molar-refractivity contribution in [1.82, 2.24) is 4.90 Å². The summed E-state index contributed by atoms with van der Waals surface area (Å²) in [4.78, 5) is 2.40. The first-order valence-electron chi connectivity index (χ1n) is 5.39. The van der Waals surface area contributed by atoms with Crippen LogP contribution in [0, 0.1) is 0 Å². The summed E-state index contributed by atoms with van der Waals surface area (Å²) < 4.78 is 1.18. The van der Waals surface area contributed by atoms with Gasteiger partial charge in [0.2, 0.25) is 0 Å². The molecule has 0 bridgehead atoms. The molecular formula is C12H16BrNO. The van der Waals surface area contributed by atoms with Crippen LogP contribution in [0.2, 0.25) is 0 Å². The van der Waals surface area contributed by atoms with Gasteiger partial charge in [0.25, 0.3) is 0 Å². The van der Waals surface area contributed by atoms with Gasteiger partial charge in [0.1, 0.15) is 0 Å². The first kappa shape index (κ1) is 11.1. The molecule has 1 aromatic carbocycles. The topological polar surface area (TPSA) is 23.5 Å². The number of benzene rings is 1. The van der Waals surface area contributed by atoms with E-state index >= 15 is 0 Å². The van der Waals surface area contributed by atoms with Crippen molar-refractivity contribution < 1.29 is 5.11 Å². The lowest BCUT2D eigenvalue weighted by atomic mass is 10.1. The summed E-state index contributed by atoms with van der Waals surface area (Å²) in [6.45, 7) is 2.99. The van der Waals surface area contributed by atoms with Crippen molar-refractivity contribution in [3.8, 4) is 0 Å². The van der Waals surface area contributed by atoms with Crippen molar-refractivity contribution in [3.63, 3.8) is 0 Å². The first-order valence-corrected chi connectivity index (χ1v) is 6.19. The Morgan fingerprint density at radius 2 is 1.93 bits per heavy atom. The van der Waals surface area contributed by atoms with Crippen LogP contribution in [-0.2, 0) is 6.54 Å². The molecule has 0 aliphatic carbocycles. The fourth-order valence-corrected chi connectivity index (χ4v) is 2.36. The second-order valence-corrected chi connectivity index (χ2v) is 4.95. The largest absolute Gasteiger partial charge is 0.393 e.